The molecule has 1 aromatic heterocycles. The maximum absolute atomic E-state index is 11.4. The van der Waals surface area contributed by atoms with E-state index in [1.54, 1.807) is 0 Å². The molecule has 2 N–H and O–H groups in total. The molecule has 1 aromatic rings. The Hall–Kier alpha value is -1.52. The largest absolute Gasteiger partial charge is 0.489 e. The Balaban J connectivity index is 3.05. The van der Waals surface area contributed by atoms with Gasteiger partial charge in [0, 0.05) is 5.54 Å². The summed E-state index contributed by atoms with van der Waals surface area (Å²) in [7, 11) is 1.45. The first-order valence-corrected chi connectivity index (χ1v) is 4.90. The van der Waals surface area contributed by atoms with E-state index in [1.165, 1.54) is 13.4 Å². The highest BCUT2D eigenvalue weighted by atomic mass is 16.5. The first-order valence-electron chi connectivity index (χ1n) is 4.90. The van der Waals surface area contributed by atoms with Crippen LogP contribution in [0.15, 0.2) is 11.1 Å². The Bertz CT molecular complexity index is 384. The van der Waals surface area contributed by atoms with E-state index in [2.05, 4.69) is 22.2 Å². The molecular formula is C10H17N3O2. The Kier molecular flexibility index (Phi) is 3.34. The maximum atomic E-state index is 11.4. The van der Waals surface area contributed by atoms with Gasteiger partial charge in [0.15, 0.2) is 5.82 Å². The third-order valence-electron chi connectivity index (χ3n) is 2.36. The predicted molar refractivity (Wildman–Crippen MR) is 59.4 cm³/mol. The lowest BCUT2D eigenvalue weighted by molar-refractivity contribution is 0.405. The lowest BCUT2D eigenvalue weighted by Gasteiger charge is -2.25. The molecule has 0 aliphatic carbocycles. The van der Waals surface area contributed by atoms with E-state index in [0.29, 0.717) is 5.82 Å². The number of nitrogens with one attached hydrogen (secondary N) is 2. The Morgan fingerprint density at radius 2 is 2.27 bits per heavy atom. The molecule has 0 aromatic carbocycles. The van der Waals surface area contributed by atoms with Gasteiger partial charge in [0.25, 0.3) is 5.56 Å². The number of ether oxygens (including phenoxy) is 1. The van der Waals surface area contributed by atoms with Gasteiger partial charge in [-0.3, -0.25) is 4.79 Å². The standard InChI is InChI=1S/C10H17N3O2/c1-5-10(2,3)13-8-7(15-4)9(14)12-6-11-8/h6H,5H2,1-4H3,(H2,11,12,13,14). The minimum atomic E-state index is -0.276. The molecule has 84 valence electrons. The summed E-state index contributed by atoms with van der Waals surface area (Å²) in [6, 6.07) is 0. The molecule has 1 rings (SSSR count). The van der Waals surface area contributed by atoms with Crippen molar-refractivity contribution in [2.75, 3.05) is 12.4 Å². The second-order valence-electron chi connectivity index (χ2n) is 3.98. The lowest BCUT2D eigenvalue weighted by atomic mass is 10.0. The summed E-state index contributed by atoms with van der Waals surface area (Å²) in [5.41, 5.74) is -0.393. The van der Waals surface area contributed by atoms with Crippen LogP contribution in [-0.2, 0) is 0 Å². The fraction of sp³-hybridized carbons (Fsp3) is 0.600. The summed E-state index contributed by atoms with van der Waals surface area (Å²) in [4.78, 5) is 17.9. The molecule has 0 amide bonds. The summed E-state index contributed by atoms with van der Waals surface area (Å²) in [6.07, 6.45) is 2.28. The molecule has 5 nitrogen and oxygen atoms in total. The molecule has 0 aliphatic heterocycles. The monoisotopic (exact) mass is 211 g/mol. The first-order chi connectivity index (χ1) is 7.00. The molecule has 0 spiro atoms. The molecule has 0 saturated heterocycles. The number of nitrogens with zero attached hydrogens (tertiary/aromatic N) is 1. The van der Waals surface area contributed by atoms with Crippen LogP contribution in [0.5, 0.6) is 5.75 Å². The van der Waals surface area contributed by atoms with Crippen LogP contribution in [0, 0.1) is 0 Å². The second-order valence-corrected chi connectivity index (χ2v) is 3.98. The van der Waals surface area contributed by atoms with E-state index in [0.717, 1.165) is 6.42 Å². The summed E-state index contributed by atoms with van der Waals surface area (Å²) in [6.45, 7) is 6.14. The summed E-state index contributed by atoms with van der Waals surface area (Å²) in [5, 5.41) is 3.17. The smallest absolute Gasteiger partial charge is 0.295 e. The zero-order valence-corrected chi connectivity index (χ0v) is 9.55. The molecule has 0 saturated carbocycles. The van der Waals surface area contributed by atoms with Crippen LogP contribution >= 0.6 is 0 Å². The number of hydrogen-bond acceptors (Lipinski definition) is 4. The van der Waals surface area contributed by atoms with Crippen molar-refractivity contribution < 1.29 is 4.74 Å². The minimum Gasteiger partial charge on any atom is -0.489 e. The van der Waals surface area contributed by atoms with Gasteiger partial charge in [-0.1, -0.05) is 6.92 Å². The van der Waals surface area contributed by atoms with Crippen LogP contribution in [0.2, 0.25) is 0 Å². The van der Waals surface area contributed by atoms with Gasteiger partial charge in [0.2, 0.25) is 5.75 Å². The zero-order chi connectivity index (χ0) is 11.5. The van der Waals surface area contributed by atoms with Crippen LogP contribution in [0.4, 0.5) is 5.82 Å². The van der Waals surface area contributed by atoms with Crippen molar-refractivity contribution in [1.82, 2.24) is 9.97 Å². The van der Waals surface area contributed by atoms with E-state index in [1.807, 2.05) is 13.8 Å². The molecular weight excluding hydrogens is 194 g/mol. The minimum absolute atomic E-state index is 0.117. The van der Waals surface area contributed by atoms with Gasteiger partial charge >= 0.3 is 0 Å². The lowest BCUT2D eigenvalue weighted by Crippen LogP contribution is -2.31. The SMILES string of the molecule is CCC(C)(C)Nc1nc[nH]c(=O)c1OC. The Morgan fingerprint density at radius 1 is 1.60 bits per heavy atom. The second kappa shape index (κ2) is 4.33. The molecule has 0 unspecified atom stereocenters. The van der Waals surface area contributed by atoms with Crippen LogP contribution in [0.25, 0.3) is 0 Å². The topological polar surface area (TPSA) is 67.0 Å². The number of H-pyrrole nitrogens is 1. The Labute approximate surface area is 88.9 Å². The maximum Gasteiger partial charge on any atom is 0.295 e. The molecule has 0 atom stereocenters. The van der Waals surface area contributed by atoms with Crippen molar-refractivity contribution in [1.29, 1.82) is 0 Å². The highest BCUT2D eigenvalue weighted by Gasteiger charge is 2.18. The average Bonchev–Trinajstić information content (AvgIpc) is 2.18. The van der Waals surface area contributed by atoms with Gasteiger partial charge in [-0.05, 0) is 20.3 Å². The number of anilines is 1. The zero-order valence-electron chi connectivity index (χ0n) is 9.55. The van der Waals surface area contributed by atoms with E-state index >= 15 is 0 Å². The van der Waals surface area contributed by atoms with E-state index in [9.17, 15) is 4.79 Å². The molecule has 0 fully saturated rings. The molecule has 1 heterocycles. The number of rotatable bonds is 4. The summed E-state index contributed by atoms with van der Waals surface area (Å²) >= 11 is 0. The quantitative estimate of drug-likeness (QED) is 0.789. The third-order valence-corrected chi connectivity index (χ3v) is 2.36. The molecule has 0 aliphatic rings. The van der Waals surface area contributed by atoms with E-state index in [4.69, 9.17) is 4.74 Å². The molecule has 0 bridgehead atoms. The van der Waals surface area contributed by atoms with Gasteiger partial charge in [-0.15, -0.1) is 0 Å². The third kappa shape index (κ3) is 2.71. The van der Waals surface area contributed by atoms with Crippen molar-refractivity contribution in [2.45, 2.75) is 32.7 Å². The van der Waals surface area contributed by atoms with Crippen molar-refractivity contribution in [3.63, 3.8) is 0 Å². The highest BCUT2D eigenvalue weighted by molar-refractivity contribution is 5.49. The first kappa shape index (κ1) is 11.6. The predicted octanol–water partition coefficient (Wildman–Crippen LogP) is 1.38. The van der Waals surface area contributed by atoms with Crippen molar-refractivity contribution in [2.24, 2.45) is 0 Å². The van der Waals surface area contributed by atoms with E-state index in [-0.39, 0.29) is 16.8 Å². The fourth-order valence-corrected chi connectivity index (χ4v) is 1.07. The number of aromatic amines is 1. The van der Waals surface area contributed by atoms with E-state index < -0.39 is 0 Å². The molecule has 15 heavy (non-hydrogen) atoms. The van der Waals surface area contributed by atoms with Gasteiger partial charge < -0.3 is 15.0 Å². The van der Waals surface area contributed by atoms with Gasteiger partial charge in [-0.2, -0.15) is 0 Å². The summed E-state index contributed by atoms with van der Waals surface area (Å²) in [5.74, 6) is 0.701. The average molecular weight is 211 g/mol. The van der Waals surface area contributed by atoms with Crippen LogP contribution in [0.3, 0.4) is 0 Å². The van der Waals surface area contributed by atoms with Crippen LogP contribution in [0.1, 0.15) is 27.2 Å². The fourth-order valence-electron chi connectivity index (χ4n) is 1.07. The van der Waals surface area contributed by atoms with Gasteiger partial charge in [-0.25, -0.2) is 4.98 Å². The number of hydrogen-bond donors (Lipinski definition) is 2. The van der Waals surface area contributed by atoms with Gasteiger partial charge in [0.1, 0.15) is 0 Å². The normalized spacial score (nSPS) is 11.2. The highest BCUT2D eigenvalue weighted by Crippen LogP contribution is 2.21. The molecule has 5 heteroatoms. The number of methoxy groups -OCH3 is 1. The Morgan fingerprint density at radius 3 is 2.80 bits per heavy atom. The van der Waals surface area contributed by atoms with Crippen LogP contribution < -0.4 is 15.6 Å². The number of aromatic nitrogens is 2. The van der Waals surface area contributed by atoms with Gasteiger partial charge in [0.05, 0.1) is 13.4 Å². The molecule has 0 radical (unpaired) electrons. The van der Waals surface area contributed by atoms with Crippen molar-refractivity contribution >= 4 is 5.82 Å². The van der Waals surface area contributed by atoms with Crippen molar-refractivity contribution in [3.8, 4) is 5.75 Å². The summed E-state index contributed by atoms with van der Waals surface area (Å²) < 4.78 is 5.00. The van der Waals surface area contributed by atoms with Crippen molar-refractivity contribution in [3.05, 3.63) is 16.7 Å². The van der Waals surface area contributed by atoms with Crippen LogP contribution in [-0.4, -0.2) is 22.6 Å².